The van der Waals surface area contributed by atoms with Gasteiger partial charge >= 0.3 is 11.9 Å². The zero-order valence-corrected chi connectivity index (χ0v) is 10.3. The monoisotopic (exact) mass is 244 g/mol. The standard InChI is InChI=1S/C6H10O3.C6H10O2/c1-2-6(8)9-5-3-4-7;1-4(2)5(3)6(7)8/h2,7H,1,3-5H2;4H,3H2,1-2H3,(H,7,8). The highest BCUT2D eigenvalue weighted by Crippen LogP contribution is 2.04. The van der Waals surface area contributed by atoms with Crippen LogP contribution < -0.4 is 0 Å². The summed E-state index contributed by atoms with van der Waals surface area (Å²) in [5.74, 6) is -1.30. The van der Waals surface area contributed by atoms with Gasteiger partial charge in [0.1, 0.15) is 0 Å². The first kappa shape index (κ1) is 17.8. The van der Waals surface area contributed by atoms with Gasteiger partial charge in [-0.3, -0.25) is 0 Å². The topological polar surface area (TPSA) is 83.8 Å². The molecule has 0 heterocycles. The molecule has 0 aromatic carbocycles. The zero-order chi connectivity index (χ0) is 13.8. The lowest BCUT2D eigenvalue weighted by molar-refractivity contribution is -0.138. The smallest absolute Gasteiger partial charge is 0.331 e. The summed E-state index contributed by atoms with van der Waals surface area (Å²) in [6.07, 6.45) is 1.58. The summed E-state index contributed by atoms with van der Waals surface area (Å²) in [6, 6.07) is 0. The van der Waals surface area contributed by atoms with E-state index in [1.54, 1.807) is 13.8 Å². The number of aliphatic carboxylic acids is 1. The summed E-state index contributed by atoms with van der Waals surface area (Å²) >= 11 is 0. The van der Waals surface area contributed by atoms with Gasteiger partial charge in [0.25, 0.3) is 0 Å². The number of hydrogen-bond donors (Lipinski definition) is 2. The fourth-order valence-corrected chi connectivity index (χ4v) is 0.543. The highest BCUT2D eigenvalue weighted by atomic mass is 16.5. The number of rotatable bonds is 6. The summed E-state index contributed by atoms with van der Waals surface area (Å²) in [5, 5.41) is 16.5. The lowest BCUT2D eigenvalue weighted by atomic mass is 10.1. The van der Waals surface area contributed by atoms with Gasteiger partial charge in [-0.05, 0) is 5.92 Å². The molecule has 0 amide bonds. The number of carboxylic acid groups (broad SMARTS) is 1. The molecule has 2 N–H and O–H groups in total. The predicted molar refractivity (Wildman–Crippen MR) is 64.5 cm³/mol. The molecule has 0 unspecified atom stereocenters. The predicted octanol–water partition coefficient (Wildman–Crippen LogP) is 1.38. The van der Waals surface area contributed by atoms with E-state index >= 15 is 0 Å². The summed E-state index contributed by atoms with van der Waals surface area (Å²) in [6.45, 7) is 10.5. The molecule has 0 aliphatic carbocycles. The molecule has 17 heavy (non-hydrogen) atoms. The van der Waals surface area contributed by atoms with E-state index in [2.05, 4.69) is 17.9 Å². The van der Waals surface area contributed by atoms with E-state index in [1.807, 2.05) is 0 Å². The van der Waals surface area contributed by atoms with Crippen molar-refractivity contribution < 1.29 is 24.5 Å². The van der Waals surface area contributed by atoms with Crippen LogP contribution in [0.3, 0.4) is 0 Å². The maximum Gasteiger partial charge on any atom is 0.331 e. The molecule has 0 bridgehead atoms. The Morgan fingerprint density at radius 2 is 1.94 bits per heavy atom. The van der Waals surface area contributed by atoms with Crippen molar-refractivity contribution >= 4 is 11.9 Å². The van der Waals surface area contributed by atoms with Crippen LogP contribution in [0.5, 0.6) is 0 Å². The van der Waals surface area contributed by atoms with E-state index < -0.39 is 11.9 Å². The van der Waals surface area contributed by atoms with Crippen LogP contribution >= 0.6 is 0 Å². The molecule has 0 aromatic heterocycles. The third-order valence-corrected chi connectivity index (χ3v) is 1.69. The van der Waals surface area contributed by atoms with Gasteiger partial charge in [-0.25, -0.2) is 9.59 Å². The molecule has 0 aliphatic heterocycles. The van der Waals surface area contributed by atoms with E-state index in [0.717, 1.165) is 6.08 Å². The van der Waals surface area contributed by atoms with Crippen LogP contribution in [0, 0.1) is 5.92 Å². The Labute approximate surface area is 101 Å². The zero-order valence-electron chi connectivity index (χ0n) is 10.3. The first-order chi connectivity index (χ1) is 7.86. The maximum absolute atomic E-state index is 10.3. The molecule has 0 fully saturated rings. The van der Waals surface area contributed by atoms with Crippen LogP contribution in [-0.4, -0.2) is 35.4 Å². The Hall–Kier alpha value is -1.62. The van der Waals surface area contributed by atoms with Crippen molar-refractivity contribution in [2.24, 2.45) is 5.92 Å². The number of aliphatic hydroxyl groups is 1. The number of ether oxygens (including phenoxy) is 1. The molecular formula is C12H20O5. The molecule has 0 rings (SSSR count). The lowest BCUT2D eigenvalue weighted by Crippen LogP contribution is -2.04. The Bertz CT molecular complexity index is 268. The van der Waals surface area contributed by atoms with Crippen LogP contribution in [-0.2, 0) is 14.3 Å². The molecule has 0 aromatic rings. The molecule has 0 atom stereocenters. The van der Waals surface area contributed by atoms with Gasteiger partial charge in [0.05, 0.1) is 6.61 Å². The van der Waals surface area contributed by atoms with E-state index in [1.165, 1.54) is 0 Å². The molecule has 0 saturated heterocycles. The summed E-state index contributed by atoms with van der Waals surface area (Å²) in [7, 11) is 0. The van der Waals surface area contributed by atoms with E-state index in [-0.39, 0.29) is 24.7 Å². The fraction of sp³-hybridized carbons (Fsp3) is 0.500. The molecule has 98 valence electrons. The van der Waals surface area contributed by atoms with Crippen molar-refractivity contribution in [2.45, 2.75) is 20.3 Å². The van der Waals surface area contributed by atoms with E-state index in [0.29, 0.717) is 6.42 Å². The van der Waals surface area contributed by atoms with Crippen molar-refractivity contribution in [1.29, 1.82) is 0 Å². The SMILES string of the molecule is C=C(C(=O)O)C(C)C.C=CC(=O)OCCCO. The first-order valence-corrected chi connectivity index (χ1v) is 5.18. The molecule has 0 saturated carbocycles. The highest BCUT2D eigenvalue weighted by Gasteiger charge is 2.06. The molecule has 0 aliphatic rings. The Morgan fingerprint density at radius 3 is 2.18 bits per heavy atom. The van der Waals surface area contributed by atoms with Gasteiger partial charge in [-0.15, -0.1) is 0 Å². The highest BCUT2D eigenvalue weighted by molar-refractivity contribution is 5.86. The normalized spacial score (nSPS) is 8.94. The first-order valence-electron chi connectivity index (χ1n) is 5.18. The number of hydrogen-bond acceptors (Lipinski definition) is 4. The van der Waals surface area contributed by atoms with Crippen LogP contribution in [0.25, 0.3) is 0 Å². The minimum Gasteiger partial charge on any atom is -0.478 e. The number of aliphatic hydroxyl groups excluding tert-OH is 1. The third kappa shape index (κ3) is 12.3. The van der Waals surface area contributed by atoms with Crippen molar-refractivity contribution in [3.63, 3.8) is 0 Å². The summed E-state index contributed by atoms with van der Waals surface area (Å²) in [4.78, 5) is 20.3. The quantitative estimate of drug-likeness (QED) is 0.419. The van der Waals surface area contributed by atoms with Crippen molar-refractivity contribution in [3.05, 3.63) is 24.8 Å². The molecule has 0 spiro atoms. The second kappa shape index (κ2) is 10.9. The van der Waals surface area contributed by atoms with Crippen molar-refractivity contribution in [3.8, 4) is 0 Å². The maximum atomic E-state index is 10.3. The van der Waals surface area contributed by atoms with E-state index in [9.17, 15) is 9.59 Å². The van der Waals surface area contributed by atoms with Gasteiger partial charge in [0, 0.05) is 24.7 Å². The minimum absolute atomic E-state index is 0.0461. The number of carbonyl (C=O) groups excluding carboxylic acids is 1. The number of carbonyl (C=O) groups is 2. The Kier molecular flexibility index (Phi) is 11.4. The Balaban J connectivity index is 0. The van der Waals surface area contributed by atoms with Crippen LogP contribution in [0.1, 0.15) is 20.3 Å². The Morgan fingerprint density at radius 1 is 1.41 bits per heavy atom. The van der Waals surface area contributed by atoms with Crippen molar-refractivity contribution in [1.82, 2.24) is 0 Å². The number of carboxylic acids is 1. The summed E-state index contributed by atoms with van der Waals surface area (Å²) < 4.78 is 4.51. The average molecular weight is 244 g/mol. The van der Waals surface area contributed by atoms with Crippen molar-refractivity contribution in [2.75, 3.05) is 13.2 Å². The molecule has 5 nitrogen and oxygen atoms in total. The lowest BCUT2D eigenvalue weighted by Gasteiger charge is -2.00. The van der Waals surface area contributed by atoms with E-state index in [4.69, 9.17) is 10.2 Å². The van der Waals surface area contributed by atoms with Gasteiger partial charge in [-0.1, -0.05) is 27.0 Å². The van der Waals surface area contributed by atoms with Gasteiger partial charge < -0.3 is 14.9 Å². The third-order valence-electron chi connectivity index (χ3n) is 1.69. The second-order valence-corrected chi connectivity index (χ2v) is 3.43. The van der Waals surface area contributed by atoms with Crippen LogP contribution in [0.15, 0.2) is 24.8 Å². The van der Waals surface area contributed by atoms with Gasteiger partial charge in [0.15, 0.2) is 0 Å². The summed E-state index contributed by atoms with van der Waals surface area (Å²) in [5.41, 5.74) is 0.269. The van der Waals surface area contributed by atoms with Gasteiger partial charge in [0.2, 0.25) is 0 Å². The molecule has 5 heteroatoms. The largest absolute Gasteiger partial charge is 0.478 e. The average Bonchev–Trinajstić information content (AvgIpc) is 2.28. The number of esters is 1. The van der Waals surface area contributed by atoms with Gasteiger partial charge in [-0.2, -0.15) is 0 Å². The molecular weight excluding hydrogens is 224 g/mol. The minimum atomic E-state index is -0.903. The fourth-order valence-electron chi connectivity index (χ4n) is 0.543. The van der Waals surface area contributed by atoms with Crippen LogP contribution in [0.4, 0.5) is 0 Å². The van der Waals surface area contributed by atoms with Crippen LogP contribution in [0.2, 0.25) is 0 Å². The second-order valence-electron chi connectivity index (χ2n) is 3.43. The molecule has 0 radical (unpaired) electrons.